The molecule has 0 fully saturated rings. The topological polar surface area (TPSA) is 58.5 Å². The van der Waals surface area contributed by atoms with E-state index in [1.807, 2.05) is 0 Å². The van der Waals surface area contributed by atoms with Crippen molar-refractivity contribution in [2.75, 3.05) is 5.75 Å². The molecule has 0 aliphatic heterocycles. The molecule has 0 unspecified atom stereocenters. The molecule has 23 heavy (non-hydrogen) atoms. The molecular formula is C17H27FN2O2S. The molecule has 0 heterocycles. The van der Waals surface area contributed by atoms with Gasteiger partial charge in [0, 0.05) is 0 Å². The van der Waals surface area contributed by atoms with Gasteiger partial charge in [0.1, 0.15) is 5.82 Å². The van der Waals surface area contributed by atoms with Crippen molar-refractivity contribution in [3.8, 4) is 0 Å². The third kappa shape index (κ3) is 10.0. The molecule has 0 aromatic heterocycles. The summed E-state index contributed by atoms with van der Waals surface area (Å²) in [6.07, 6.45) is 10.2. The van der Waals surface area contributed by atoms with Crippen LogP contribution in [0.5, 0.6) is 0 Å². The number of sulfonamides is 1. The Hall–Kier alpha value is -1.43. The average Bonchev–Trinajstić information content (AvgIpc) is 2.52. The first-order valence-corrected chi connectivity index (χ1v) is 9.97. The first-order chi connectivity index (χ1) is 11.0. The highest BCUT2D eigenvalue weighted by Gasteiger charge is 2.07. The van der Waals surface area contributed by atoms with Crippen LogP contribution in [0.25, 0.3) is 0 Å². The van der Waals surface area contributed by atoms with Crippen LogP contribution in [-0.2, 0) is 10.0 Å². The lowest BCUT2D eigenvalue weighted by Crippen LogP contribution is -2.21. The first kappa shape index (κ1) is 19.6. The molecule has 4 nitrogen and oxygen atoms in total. The quantitative estimate of drug-likeness (QED) is 0.351. The molecule has 0 radical (unpaired) electrons. The van der Waals surface area contributed by atoms with Crippen molar-refractivity contribution < 1.29 is 12.8 Å². The van der Waals surface area contributed by atoms with E-state index in [4.69, 9.17) is 0 Å². The van der Waals surface area contributed by atoms with E-state index < -0.39 is 10.0 Å². The van der Waals surface area contributed by atoms with E-state index in [9.17, 15) is 12.8 Å². The van der Waals surface area contributed by atoms with Gasteiger partial charge in [-0.3, -0.25) is 0 Å². The summed E-state index contributed by atoms with van der Waals surface area (Å²) >= 11 is 0. The minimum Gasteiger partial charge on any atom is -0.207 e. The number of hydrazone groups is 1. The van der Waals surface area contributed by atoms with Crippen LogP contribution in [-0.4, -0.2) is 20.4 Å². The first-order valence-electron chi connectivity index (χ1n) is 8.31. The second kappa shape index (κ2) is 11.2. The lowest BCUT2D eigenvalue weighted by molar-refractivity contribution is 0.566. The van der Waals surface area contributed by atoms with Crippen molar-refractivity contribution in [2.24, 2.45) is 5.10 Å². The molecule has 0 saturated heterocycles. The second-order valence-corrected chi connectivity index (χ2v) is 7.52. The average molecular weight is 342 g/mol. The van der Waals surface area contributed by atoms with E-state index in [1.165, 1.54) is 62.6 Å². The van der Waals surface area contributed by atoms with Gasteiger partial charge in [-0.05, 0) is 24.1 Å². The summed E-state index contributed by atoms with van der Waals surface area (Å²) in [6, 6.07) is 5.67. The van der Waals surface area contributed by atoms with Gasteiger partial charge in [0.15, 0.2) is 0 Å². The molecule has 130 valence electrons. The van der Waals surface area contributed by atoms with Crippen molar-refractivity contribution in [1.82, 2.24) is 4.83 Å². The summed E-state index contributed by atoms with van der Waals surface area (Å²) in [7, 11) is -3.38. The van der Waals surface area contributed by atoms with Gasteiger partial charge in [0.2, 0.25) is 10.0 Å². The van der Waals surface area contributed by atoms with E-state index in [2.05, 4.69) is 16.9 Å². The molecule has 1 aromatic rings. The molecule has 0 aliphatic carbocycles. The Morgan fingerprint density at radius 2 is 1.57 bits per heavy atom. The monoisotopic (exact) mass is 342 g/mol. The minimum absolute atomic E-state index is 0.0860. The summed E-state index contributed by atoms with van der Waals surface area (Å²) in [4.78, 5) is 2.19. The Bertz CT molecular complexity index is 556. The molecule has 1 N–H and O–H groups in total. The molecule has 1 rings (SSSR count). The molecule has 6 heteroatoms. The van der Waals surface area contributed by atoms with Gasteiger partial charge in [0.05, 0.1) is 12.0 Å². The maximum Gasteiger partial charge on any atom is 0.247 e. The standard InChI is InChI=1S/C17H27FN2O2S/c1-2-3-4-5-6-7-8-9-14-23(21,22)20-19-15-16-10-12-17(18)13-11-16/h10-13,15,20H,2-9,14H2,1H3. The number of benzene rings is 1. The Kier molecular flexibility index (Phi) is 9.52. The summed E-state index contributed by atoms with van der Waals surface area (Å²) in [6.45, 7) is 2.19. The number of halogens is 1. The highest BCUT2D eigenvalue weighted by Crippen LogP contribution is 2.09. The fourth-order valence-electron chi connectivity index (χ4n) is 2.20. The maximum absolute atomic E-state index is 12.7. The third-order valence-corrected chi connectivity index (χ3v) is 4.75. The van der Waals surface area contributed by atoms with Gasteiger partial charge in [-0.2, -0.15) is 5.10 Å². The number of nitrogens with zero attached hydrogens (tertiary/aromatic N) is 1. The predicted octanol–water partition coefficient (Wildman–Crippen LogP) is 4.22. The fourth-order valence-corrected chi connectivity index (χ4v) is 3.09. The van der Waals surface area contributed by atoms with E-state index >= 15 is 0 Å². The van der Waals surface area contributed by atoms with E-state index in [-0.39, 0.29) is 11.6 Å². The molecule has 1 aromatic carbocycles. The fraction of sp³-hybridized carbons (Fsp3) is 0.588. The molecular weight excluding hydrogens is 315 g/mol. The Morgan fingerprint density at radius 3 is 2.17 bits per heavy atom. The smallest absolute Gasteiger partial charge is 0.207 e. The van der Waals surface area contributed by atoms with Crippen LogP contribution >= 0.6 is 0 Å². The largest absolute Gasteiger partial charge is 0.247 e. The van der Waals surface area contributed by atoms with E-state index in [0.717, 1.165) is 12.8 Å². The number of unbranched alkanes of at least 4 members (excludes halogenated alkanes) is 7. The molecule has 0 spiro atoms. The Labute approximate surface area is 139 Å². The van der Waals surface area contributed by atoms with Crippen LogP contribution in [0.4, 0.5) is 4.39 Å². The highest BCUT2D eigenvalue weighted by molar-refractivity contribution is 7.89. The van der Waals surface area contributed by atoms with Crippen LogP contribution in [0, 0.1) is 5.82 Å². The SMILES string of the molecule is CCCCCCCCCCS(=O)(=O)NN=Cc1ccc(F)cc1. The lowest BCUT2D eigenvalue weighted by Gasteiger charge is -2.04. The zero-order valence-electron chi connectivity index (χ0n) is 13.8. The van der Waals surface area contributed by atoms with Gasteiger partial charge in [-0.15, -0.1) is 0 Å². The van der Waals surface area contributed by atoms with Gasteiger partial charge in [-0.1, -0.05) is 64.0 Å². The number of hydrogen-bond acceptors (Lipinski definition) is 3. The third-order valence-electron chi connectivity index (χ3n) is 3.54. The molecule has 0 amide bonds. The summed E-state index contributed by atoms with van der Waals surface area (Å²) in [5.41, 5.74) is 0.640. The lowest BCUT2D eigenvalue weighted by atomic mass is 10.1. The zero-order chi connectivity index (χ0) is 17.0. The van der Waals surface area contributed by atoms with Gasteiger partial charge >= 0.3 is 0 Å². The van der Waals surface area contributed by atoms with Gasteiger partial charge in [0.25, 0.3) is 0 Å². The highest BCUT2D eigenvalue weighted by atomic mass is 32.2. The van der Waals surface area contributed by atoms with Crippen molar-refractivity contribution in [1.29, 1.82) is 0 Å². The van der Waals surface area contributed by atoms with Gasteiger partial charge in [-0.25, -0.2) is 17.6 Å². The molecule has 0 atom stereocenters. The van der Waals surface area contributed by atoms with E-state index in [0.29, 0.717) is 12.0 Å². The summed E-state index contributed by atoms with van der Waals surface area (Å²) in [5, 5.41) is 3.71. The van der Waals surface area contributed by atoms with Crippen LogP contribution in [0.3, 0.4) is 0 Å². The molecule has 0 bridgehead atoms. The van der Waals surface area contributed by atoms with Crippen molar-refractivity contribution in [3.63, 3.8) is 0 Å². The van der Waals surface area contributed by atoms with Crippen LogP contribution in [0.2, 0.25) is 0 Å². The van der Waals surface area contributed by atoms with E-state index in [1.54, 1.807) is 0 Å². The second-order valence-electron chi connectivity index (χ2n) is 5.69. The van der Waals surface area contributed by atoms with Crippen LogP contribution in [0.1, 0.15) is 63.9 Å². The normalized spacial score (nSPS) is 11.9. The van der Waals surface area contributed by atoms with Crippen LogP contribution < -0.4 is 4.83 Å². The predicted molar refractivity (Wildman–Crippen MR) is 93.5 cm³/mol. The number of rotatable bonds is 12. The van der Waals surface area contributed by atoms with Crippen molar-refractivity contribution in [2.45, 2.75) is 58.3 Å². The van der Waals surface area contributed by atoms with Gasteiger partial charge < -0.3 is 0 Å². The maximum atomic E-state index is 12.7. The minimum atomic E-state index is -3.38. The Balaban J connectivity index is 2.17. The number of nitrogens with one attached hydrogen (secondary N) is 1. The number of hydrogen-bond donors (Lipinski definition) is 1. The summed E-state index contributed by atoms with van der Waals surface area (Å²) < 4.78 is 36.3. The summed E-state index contributed by atoms with van der Waals surface area (Å²) in [5.74, 6) is -0.250. The van der Waals surface area contributed by atoms with Crippen LogP contribution in [0.15, 0.2) is 29.4 Å². The molecule has 0 saturated carbocycles. The van der Waals surface area contributed by atoms with Crippen molar-refractivity contribution in [3.05, 3.63) is 35.6 Å². The zero-order valence-corrected chi connectivity index (χ0v) is 14.6. The van der Waals surface area contributed by atoms with Crippen molar-refractivity contribution >= 4 is 16.2 Å². The molecule has 0 aliphatic rings. The Morgan fingerprint density at radius 1 is 1.00 bits per heavy atom.